The first-order chi connectivity index (χ1) is 9.97. The van der Waals surface area contributed by atoms with E-state index in [4.69, 9.17) is 5.11 Å². The molecule has 2 atom stereocenters. The summed E-state index contributed by atoms with van der Waals surface area (Å²) < 4.78 is 0. The Morgan fingerprint density at radius 1 is 1.38 bits per heavy atom. The summed E-state index contributed by atoms with van der Waals surface area (Å²) in [5.74, 6) is -0.535. The van der Waals surface area contributed by atoms with Gasteiger partial charge in [-0.1, -0.05) is 6.92 Å². The van der Waals surface area contributed by atoms with Crippen molar-refractivity contribution in [3.63, 3.8) is 0 Å². The van der Waals surface area contributed by atoms with Crippen LogP contribution in [0, 0.1) is 11.8 Å². The second-order valence-electron chi connectivity index (χ2n) is 5.15. The van der Waals surface area contributed by atoms with Crippen LogP contribution in [0.3, 0.4) is 0 Å². The zero-order valence-electron chi connectivity index (χ0n) is 11.6. The summed E-state index contributed by atoms with van der Waals surface area (Å²) in [5, 5.41) is 14.0. The summed E-state index contributed by atoms with van der Waals surface area (Å²) in [6.07, 6.45) is 2.24. The van der Waals surface area contributed by atoms with Crippen molar-refractivity contribution >= 4 is 23.6 Å². The summed E-state index contributed by atoms with van der Waals surface area (Å²) in [6.45, 7) is 2.30. The Morgan fingerprint density at radius 3 is 2.62 bits per heavy atom. The van der Waals surface area contributed by atoms with E-state index in [-0.39, 0.29) is 42.1 Å². The maximum atomic E-state index is 11.6. The molecule has 7 nitrogen and oxygen atoms in total. The van der Waals surface area contributed by atoms with E-state index in [1.54, 1.807) is 0 Å². The third-order valence-corrected chi connectivity index (χ3v) is 3.38. The van der Waals surface area contributed by atoms with Crippen LogP contribution in [0.5, 0.6) is 0 Å². The molecule has 0 saturated heterocycles. The molecule has 1 fully saturated rings. The van der Waals surface area contributed by atoms with Crippen molar-refractivity contribution in [2.75, 3.05) is 11.9 Å². The van der Waals surface area contributed by atoms with Gasteiger partial charge in [-0.05, 0) is 24.5 Å². The minimum Gasteiger partial charge on any atom is -0.478 e. The van der Waals surface area contributed by atoms with E-state index in [9.17, 15) is 14.4 Å². The molecule has 1 aliphatic rings. The molecule has 3 N–H and O–H groups in total. The Kier molecular flexibility index (Phi) is 4.52. The van der Waals surface area contributed by atoms with Crippen molar-refractivity contribution in [3.05, 3.63) is 23.9 Å². The van der Waals surface area contributed by atoms with Crippen LogP contribution in [0.25, 0.3) is 0 Å². The van der Waals surface area contributed by atoms with Gasteiger partial charge in [-0.2, -0.15) is 0 Å². The second-order valence-corrected chi connectivity index (χ2v) is 5.15. The van der Waals surface area contributed by atoms with Crippen LogP contribution in [0.1, 0.15) is 30.1 Å². The number of hydrogen-bond donors (Lipinski definition) is 3. The Hall–Kier alpha value is -2.44. The number of pyridine rings is 1. The maximum Gasteiger partial charge on any atom is 0.337 e. The van der Waals surface area contributed by atoms with Crippen LogP contribution >= 0.6 is 0 Å². The van der Waals surface area contributed by atoms with Gasteiger partial charge in [0.25, 0.3) is 0 Å². The average Bonchev–Trinajstić information content (AvgIpc) is 3.16. The monoisotopic (exact) mass is 291 g/mol. The molecule has 1 aromatic rings. The molecule has 112 valence electrons. The number of aromatic carboxylic acids is 1. The summed E-state index contributed by atoms with van der Waals surface area (Å²) in [5.41, 5.74) is 0.0545. The van der Waals surface area contributed by atoms with Gasteiger partial charge in [0.1, 0.15) is 5.82 Å². The molecular formula is C14H17N3O4. The predicted molar refractivity (Wildman–Crippen MR) is 74.7 cm³/mol. The highest BCUT2D eigenvalue weighted by atomic mass is 16.4. The second kappa shape index (κ2) is 6.34. The maximum absolute atomic E-state index is 11.6. The lowest BCUT2D eigenvalue weighted by Crippen LogP contribution is -2.29. The van der Waals surface area contributed by atoms with Gasteiger partial charge in [0.15, 0.2) is 0 Å². The lowest BCUT2D eigenvalue weighted by Gasteiger charge is -2.06. The zero-order chi connectivity index (χ0) is 15.4. The van der Waals surface area contributed by atoms with E-state index in [2.05, 4.69) is 15.6 Å². The first-order valence-electron chi connectivity index (χ1n) is 6.74. The van der Waals surface area contributed by atoms with Crippen LogP contribution < -0.4 is 10.6 Å². The molecular weight excluding hydrogens is 274 g/mol. The first-order valence-corrected chi connectivity index (χ1v) is 6.74. The van der Waals surface area contributed by atoms with Crippen LogP contribution in [0.15, 0.2) is 18.3 Å². The van der Waals surface area contributed by atoms with E-state index in [1.165, 1.54) is 18.3 Å². The molecule has 21 heavy (non-hydrogen) atoms. The molecule has 2 rings (SSSR count). The number of rotatable bonds is 6. The van der Waals surface area contributed by atoms with Crippen molar-refractivity contribution in [3.8, 4) is 0 Å². The predicted octanol–water partition coefficient (Wildman–Crippen LogP) is 0.881. The average molecular weight is 291 g/mol. The number of nitrogens with one attached hydrogen (secondary N) is 2. The lowest BCUT2D eigenvalue weighted by molar-refractivity contribution is -0.122. The normalized spacial score (nSPS) is 19.7. The van der Waals surface area contributed by atoms with Crippen LogP contribution in [0.4, 0.5) is 5.82 Å². The molecule has 0 spiro atoms. The van der Waals surface area contributed by atoms with Gasteiger partial charge in [-0.3, -0.25) is 9.59 Å². The van der Waals surface area contributed by atoms with E-state index >= 15 is 0 Å². The number of aromatic nitrogens is 1. The molecule has 2 amide bonds. The fraction of sp³-hybridized carbons (Fsp3) is 0.429. The summed E-state index contributed by atoms with van der Waals surface area (Å²) in [7, 11) is 0. The number of carbonyl (C=O) groups excluding carboxylic acids is 2. The number of carbonyl (C=O) groups is 3. The standard InChI is InChI=1S/C14H17N3O4/c1-8-6-10(8)13(19)15-5-4-12(18)17-11-3-2-9(7-16-11)14(20)21/h2-3,7-8,10H,4-6H2,1H3,(H,15,19)(H,20,21)(H,16,17,18). The zero-order valence-corrected chi connectivity index (χ0v) is 11.6. The van der Waals surface area contributed by atoms with Crippen LogP contribution in [-0.4, -0.2) is 34.4 Å². The molecule has 0 aliphatic heterocycles. The minimum atomic E-state index is -1.07. The highest BCUT2D eigenvalue weighted by Gasteiger charge is 2.38. The number of hydrogen-bond acceptors (Lipinski definition) is 4. The summed E-state index contributed by atoms with van der Waals surface area (Å²) in [4.78, 5) is 37.7. The smallest absolute Gasteiger partial charge is 0.337 e. The van der Waals surface area contributed by atoms with Crippen molar-refractivity contribution in [1.29, 1.82) is 0 Å². The summed E-state index contributed by atoms with van der Waals surface area (Å²) >= 11 is 0. The third kappa shape index (κ3) is 4.27. The van der Waals surface area contributed by atoms with Gasteiger partial charge in [0, 0.05) is 25.1 Å². The van der Waals surface area contributed by atoms with Crippen molar-refractivity contribution in [2.24, 2.45) is 11.8 Å². The number of anilines is 1. The highest BCUT2D eigenvalue weighted by molar-refractivity contribution is 5.91. The van der Waals surface area contributed by atoms with Gasteiger partial charge >= 0.3 is 5.97 Å². The Balaban J connectivity index is 1.71. The molecule has 0 aromatic carbocycles. The molecule has 1 saturated carbocycles. The lowest BCUT2D eigenvalue weighted by atomic mass is 10.3. The topological polar surface area (TPSA) is 108 Å². The SMILES string of the molecule is CC1CC1C(=O)NCCC(=O)Nc1ccc(C(=O)O)cn1. The van der Waals surface area contributed by atoms with Gasteiger partial charge in [-0.15, -0.1) is 0 Å². The largest absolute Gasteiger partial charge is 0.478 e. The Bertz CT molecular complexity index is 556. The first kappa shape index (κ1) is 15.0. The molecule has 7 heteroatoms. The van der Waals surface area contributed by atoms with Crippen LogP contribution in [0.2, 0.25) is 0 Å². The Morgan fingerprint density at radius 2 is 2.10 bits per heavy atom. The van der Waals surface area contributed by atoms with E-state index in [0.717, 1.165) is 6.42 Å². The van der Waals surface area contributed by atoms with Crippen molar-refractivity contribution in [2.45, 2.75) is 19.8 Å². The number of amides is 2. The Labute approximate surface area is 121 Å². The summed E-state index contributed by atoms with van der Waals surface area (Å²) in [6, 6.07) is 2.78. The van der Waals surface area contributed by atoms with E-state index in [0.29, 0.717) is 5.92 Å². The quantitative estimate of drug-likeness (QED) is 0.721. The number of nitrogens with zero attached hydrogens (tertiary/aromatic N) is 1. The molecule has 1 aliphatic carbocycles. The molecule has 0 bridgehead atoms. The minimum absolute atomic E-state index is 0.000707. The molecule has 2 unspecified atom stereocenters. The van der Waals surface area contributed by atoms with Gasteiger partial charge < -0.3 is 15.7 Å². The van der Waals surface area contributed by atoms with Gasteiger partial charge in [-0.25, -0.2) is 9.78 Å². The van der Waals surface area contributed by atoms with Gasteiger partial charge in [0.05, 0.1) is 5.56 Å². The molecule has 1 heterocycles. The van der Waals surface area contributed by atoms with Crippen molar-refractivity contribution < 1.29 is 19.5 Å². The van der Waals surface area contributed by atoms with Crippen LogP contribution in [-0.2, 0) is 9.59 Å². The number of carboxylic acids is 1. The fourth-order valence-corrected chi connectivity index (χ4v) is 1.92. The van der Waals surface area contributed by atoms with Gasteiger partial charge in [0.2, 0.25) is 11.8 Å². The third-order valence-electron chi connectivity index (χ3n) is 3.38. The molecule has 1 aromatic heterocycles. The molecule has 0 radical (unpaired) electrons. The highest BCUT2D eigenvalue weighted by Crippen LogP contribution is 2.37. The van der Waals surface area contributed by atoms with E-state index < -0.39 is 5.97 Å². The van der Waals surface area contributed by atoms with Crippen molar-refractivity contribution in [1.82, 2.24) is 10.3 Å². The number of carboxylic acid groups (broad SMARTS) is 1. The fourth-order valence-electron chi connectivity index (χ4n) is 1.92. The van der Waals surface area contributed by atoms with E-state index in [1.807, 2.05) is 6.92 Å².